The monoisotopic (exact) mass is 326 g/mol. The van der Waals surface area contributed by atoms with Gasteiger partial charge in [-0.05, 0) is 31.4 Å². The average molecular weight is 326 g/mol. The molecule has 4 nitrogen and oxygen atoms in total. The molecule has 4 heteroatoms. The molecule has 1 aromatic rings. The molecule has 0 unspecified atom stereocenters. The Balaban J connectivity index is 1.50. The third-order valence-electron chi connectivity index (χ3n) is 5.07. The van der Waals surface area contributed by atoms with E-state index in [1.807, 2.05) is 41.0 Å². The van der Waals surface area contributed by atoms with Crippen LogP contribution in [0.15, 0.2) is 30.3 Å². The lowest BCUT2D eigenvalue weighted by Gasteiger charge is -2.35. The molecule has 1 aliphatic heterocycles. The molecule has 24 heavy (non-hydrogen) atoms. The van der Waals surface area contributed by atoms with Crippen LogP contribution in [0.3, 0.4) is 0 Å². The molecule has 0 N–H and O–H groups in total. The van der Waals surface area contributed by atoms with Crippen molar-refractivity contribution in [3.05, 3.63) is 41.5 Å². The Hall–Kier alpha value is -2.10. The van der Waals surface area contributed by atoms with E-state index in [1.165, 1.54) is 18.4 Å². The van der Waals surface area contributed by atoms with Crippen LogP contribution in [0.25, 0.3) is 6.08 Å². The van der Waals surface area contributed by atoms with Crippen molar-refractivity contribution in [2.24, 2.45) is 5.92 Å². The van der Waals surface area contributed by atoms with Crippen LogP contribution in [0, 0.1) is 12.8 Å². The fourth-order valence-electron chi connectivity index (χ4n) is 3.62. The second kappa shape index (κ2) is 7.65. The molecule has 0 aromatic heterocycles. The molecule has 1 saturated heterocycles. The summed E-state index contributed by atoms with van der Waals surface area (Å²) >= 11 is 0. The fourth-order valence-corrected chi connectivity index (χ4v) is 3.62. The minimum absolute atomic E-state index is 0.0319. The van der Waals surface area contributed by atoms with E-state index in [2.05, 4.69) is 6.07 Å². The van der Waals surface area contributed by atoms with Crippen molar-refractivity contribution in [2.75, 3.05) is 26.2 Å². The molecule has 128 valence electrons. The predicted octanol–water partition coefficient (Wildman–Crippen LogP) is 2.87. The third kappa shape index (κ3) is 4.05. The van der Waals surface area contributed by atoms with Crippen LogP contribution < -0.4 is 0 Å². The zero-order valence-corrected chi connectivity index (χ0v) is 14.4. The maximum atomic E-state index is 12.4. The predicted molar refractivity (Wildman–Crippen MR) is 95.3 cm³/mol. The van der Waals surface area contributed by atoms with Crippen molar-refractivity contribution >= 4 is 17.9 Å². The van der Waals surface area contributed by atoms with Crippen molar-refractivity contribution < 1.29 is 9.59 Å². The second-order valence-electron chi connectivity index (χ2n) is 6.88. The van der Waals surface area contributed by atoms with Crippen molar-refractivity contribution in [3.63, 3.8) is 0 Å². The first-order valence-corrected chi connectivity index (χ1v) is 8.96. The molecule has 3 rings (SSSR count). The molecule has 1 saturated carbocycles. The van der Waals surface area contributed by atoms with Crippen molar-refractivity contribution in [1.82, 2.24) is 9.80 Å². The van der Waals surface area contributed by atoms with Crippen molar-refractivity contribution in [2.45, 2.75) is 32.6 Å². The smallest absolute Gasteiger partial charge is 0.246 e. The van der Waals surface area contributed by atoms with Gasteiger partial charge in [0.15, 0.2) is 0 Å². The highest BCUT2D eigenvalue weighted by atomic mass is 16.2. The Morgan fingerprint density at radius 3 is 2.38 bits per heavy atom. The summed E-state index contributed by atoms with van der Waals surface area (Å²) in [6.07, 6.45) is 7.94. The Bertz CT molecular complexity index is 624. The number of nitrogens with zero attached hydrogens (tertiary/aromatic N) is 2. The van der Waals surface area contributed by atoms with Gasteiger partial charge in [0, 0.05) is 38.2 Å². The van der Waals surface area contributed by atoms with E-state index in [4.69, 9.17) is 0 Å². The van der Waals surface area contributed by atoms with Gasteiger partial charge in [-0.15, -0.1) is 0 Å². The lowest BCUT2D eigenvalue weighted by Crippen LogP contribution is -2.51. The topological polar surface area (TPSA) is 40.6 Å². The van der Waals surface area contributed by atoms with E-state index in [0.717, 1.165) is 18.4 Å². The van der Waals surface area contributed by atoms with Crippen LogP contribution in [-0.2, 0) is 9.59 Å². The van der Waals surface area contributed by atoms with Gasteiger partial charge in [-0.3, -0.25) is 9.59 Å². The molecule has 2 fully saturated rings. The van der Waals surface area contributed by atoms with Crippen LogP contribution in [-0.4, -0.2) is 47.8 Å². The molecule has 2 amide bonds. The minimum Gasteiger partial charge on any atom is -0.339 e. The highest BCUT2D eigenvalue weighted by molar-refractivity contribution is 5.92. The number of piperazine rings is 1. The third-order valence-corrected chi connectivity index (χ3v) is 5.07. The Kier molecular flexibility index (Phi) is 5.34. The van der Waals surface area contributed by atoms with E-state index in [0.29, 0.717) is 32.1 Å². The normalized spacial score (nSPS) is 19.2. The summed E-state index contributed by atoms with van der Waals surface area (Å²) in [5.74, 6) is 0.563. The average Bonchev–Trinajstić information content (AvgIpc) is 3.14. The molecular formula is C20H26N2O2. The van der Waals surface area contributed by atoms with E-state index in [-0.39, 0.29) is 11.8 Å². The lowest BCUT2D eigenvalue weighted by atomic mass is 10.1. The van der Waals surface area contributed by atoms with E-state index >= 15 is 0 Å². The number of benzene rings is 1. The Morgan fingerprint density at radius 1 is 1.04 bits per heavy atom. The van der Waals surface area contributed by atoms with Crippen molar-refractivity contribution in [3.8, 4) is 0 Å². The summed E-state index contributed by atoms with van der Waals surface area (Å²) in [6, 6.07) is 8.09. The molecule has 1 aromatic carbocycles. The maximum Gasteiger partial charge on any atom is 0.246 e. The molecule has 2 aliphatic rings. The highest BCUT2D eigenvalue weighted by Gasteiger charge is 2.29. The van der Waals surface area contributed by atoms with E-state index in [9.17, 15) is 9.59 Å². The standard InChI is InChI=1S/C20H26N2O2/c1-16-5-4-6-17(15-16)9-10-19(23)21-11-13-22(14-12-21)20(24)18-7-2-3-8-18/h4-6,9-10,15,18H,2-3,7-8,11-14H2,1H3/b10-9+. The summed E-state index contributed by atoms with van der Waals surface area (Å²) < 4.78 is 0. The van der Waals surface area contributed by atoms with Gasteiger partial charge in [-0.25, -0.2) is 0 Å². The van der Waals surface area contributed by atoms with Crippen LogP contribution in [0.4, 0.5) is 0 Å². The first kappa shape index (κ1) is 16.7. The molecule has 0 atom stereocenters. The molecule has 0 bridgehead atoms. The quantitative estimate of drug-likeness (QED) is 0.802. The maximum absolute atomic E-state index is 12.4. The Labute approximate surface area is 144 Å². The number of hydrogen-bond acceptors (Lipinski definition) is 2. The zero-order chi connectivity index (χ0) is 16.9. The molecule has 0 radical (unpaired) electrons. The SMILES string of the molecule is Cc1cccc(/C=C/C(=O)N2CCN(C(=O)C3CCCC3)CC2)c1. The minimum atomic E-state index is 0.0319. The van der Waals surface area contributed by atoms with Gasteiger partial charge in [-0.1, -0.05) is 42.7 Å². The zero-order valence-electron chi connectivity index (χ0n) is 14.4. The fraction of sp³-hybridized carbons (Fsp3) is 0.500. The van der Waals surface area contributed by atoms with E-state index < -0.39 is 0 Å². The van der Waals surface area contributed by atoms with Gasteiger partial charge in [0.25, 0.3) is 0 Å². The number of amides is 2. The van der Waals surface area contributed by atoms with Gasteiger partial charge in [0.1, 0.15) is 0 Å². The van der Waals surface area contributed by atoms with Crippen LogP contribution >= 0.6 is 0 Å². The molecular weight excluding hydrogens is 300 g/mol. The Morgan fingerprint density at radius 2 is 1.71 bits per heavy atom. The number of aryl methyl sites for hydroxylation is 1. The van der Waals surface area contributed by atoms with Crippen LogP contribution in [0.2, 0.25) is 0 Å². The summed E-state index contributed by atoms with van der Waals surface area (Å²) in [5, 5.41) is 0. The summed E-state index contributed by atoms with van der Waals surface area (Å²) in [6.45, 7) is 4.64. The van der Waals surface area contributed by atoms with Gasteiger partial charge in [-0.2, -0.15) is 0 Å². The lowest BCUT2D eigenvalue weighted by molar-refractivity contribution is -0.140. The largest absolute Gasteiger partial charge is 0.339 e. The van der Waals surface area contributed by atoms with Gasteiger partial charge < -0.3 is 9.80 Å². The second-order valence-corrected chi connectivity index (χ2v) is 6.88. The number of rotatable bonds is 3. The van der Waals surface area contributed by atoms with Gasteiger partial charge in [0.05, 0.1) is 0 Å². The first-order chi connectivity index (χ1) is 11.6. The summed E-state index contributed by atoms with van der Waals surface area (Å²) in [7, 11) is 0. The van der Waals surface area contributed by atoms with Gasteiger partial charge in [0.2, 0.25) is 11.8 Å². The summed E-state index contributed by atoms with van der Waals surface area (Å²) in [4.78, 5) is 28.5. The summed E-state index contributed by atoms with van der Waals surface area (Å²) in [5.41, 5.74) is 2.22. The van der Waals surface area contributed by atoms with Crippen LogP contribution in [0.5, 0.6) is 0 Å². The highest BCUT2D eigenvalue weighted by Crippen LogP contribution is 2.26. The molecule has 0 spiro atoms. The van der Waals surface area contributed by atoms with Crippen molar-refractivity contribution in [1.29, 1.82) is 0 Å². The van der Waals surface area contributed by atoms with E-state index in [1.54, 1.807) is 6.08 Å². The molecule has 1 heterocycles. The molecule has 1 aliphatic carbocycles. The number of carbonyl (C=O) groups is 2. The number of carbonyl (C=O) groups excluding carboxylic acids is 2. The first-order valence-electron chi connectivity index (χ1n) is 8.96. The van der Waals surface area contributed by atoms with Gasteiger partial charge >= 0.3 is 0 Å². The number of hydrogen-bond donors (Lipinski definition) is 0. The van der Waals surface area contributed by atoms with Crippen LogP contribution in [0.1, 0.15) is 36.8 Å².